The fourth-order valence-corrected chi connectivity index (χ4v) is 2.64. The van der Waals surface area contributed by atoms with Crippen molar-refractivity contribution in [3.8, 4) is 17.4 Å². The maximum absolute atomic E-state index is 6.23. The average molecular weight is 364 g/mol. The first-order chi connectivity index (χ1) is 13.0. The van der Waals surface area contributed by atoms with Gasteiger partial charge in [-0.3, -0.25) is 0 Å². The highest BCUT2D eigenvalue weighted by Crippen LogP contribution is 2.34. The van der Waals surface area contributed by atoms with E-state index in [1.807, 2.05) is 49.4 Å². The molecule has 0 radical (unpaired) electrons. The van der Waals surface area contributed by atoms with Gasteiger partial charge in [0.15, 0.2) is 5.82 Å². The van der Waals surface area contributed by atoms with Crippen molar-refractivity contribution in [2.75, 3.05) is 18.2 Å². The van der Waals surface area contributed by atoms with Crippen molar-refractivity contribution >= 4 is 17.2 Å². The average Bonchev–Trinajstić information content (AvgIpc) is 2.65. The Labute approximate surface area is 159 Å². The molecule has 0 saturated carbocycles. The Morgan fingerprint density at radius 2 is 1.78 bits per heavy atom. The minimum atomic E-state index is 0.302. The molecular weight excluding hydrogens is 340 g/mol. The Morgan fingerprint density at radius 3 is 2.44 bits per heavy atom. The Morgan fingerprint density at radius 1 is 1.04 bits per heavy atom. The molecule has 140 valence electrons. The number of methoxy groups -OCH3 is 1. The number of rotatable bonds is 6. The van der Waals surface area contributed by atoms with Crippen LogP contribution in [0.1, 0.15) is 30.9 Å². The third-order valence-corrected chi connectivity index (χ3v) is 4.22. The Hall–Kier alpha value is -3.28. The maximum Gasteiger partial charge on any atom is 0.248 e. The van der Waals surface area contributed by atoms with Gasteiger partial charge in [0.05, 0.1) is 12.8 Å². The van der Waals surface area contributed by atoms with Crippen LogP contribution in [0.25, 0.3) is 0 Å². The SMILES string of the molecule is COc1ccc(C)cc1Nc1ncnc(Oc2ccc(C(C)C)cc2)c1N. The molecule has 0 unspecified atom stereocenters. The van der Waals surface area contributed by atoms with Crippen molar-refractivity contribution in [1.29, 1.82) is 0 Å². The zero-order valence-corrected chi connectivity index (χ0v) is 16.0. The molecule has 0 saturated heterocycles. The largest absolute Gasteiger partial charge is 0.495 e. The molecule has 27 heavy (non-hydrogen) atoms. The molecule has 3 aromatic rings. The second kappa shape index (κ2) is 7.95. The predicted octanol–water partition coefficient (Wildman–Crippen LogP) is 5.04. The Bertz CT molecular complexity index is 924. The van der Waals surface area contributed by atoms with Crippen molar-refractivity contribution in [1.82, 2.24) is 9.97 Å². The van der Waals surface area contributed by atoms with E-state index in [4.69, 9.17) is 15.2 Å². The Balaban J connectivity index is 1.85. The van der Waals surface area contributed by atoms with Crippen molar-refractivity contribution in [2.24, 2.45) is 0 Å². The number of ether oxygens (including phenoxy) is 2. The molecular formula is C21H24N4O2. The topological polar surface area (TPSA) is 82.3 Å². The van der Waals surface area contributed by atoms with E-state index in [1.54, 1.807) is 7.11 Å². The van der Waals surface area contributed by atoms with Crippen LogP contribution in [0.3, 0.4) is 0 Å². The molecule has 0 aliphatic carbocycles. The fourth-order valence-electron chi connectivity index (χ4n) is 2.64. The highest BCUT2D eigenvalue weighted by atomic mass is 16.5. The first-order valence-corrected chi connectivity index (χ1v) is 8.78. The maximum atomic E-state index is 6.23. The first-order valence-electron chi connectivity index (χ1n) is 8.78. The van der Waals surface area contributed by atoms with Gasteiger partial charge in [0, 0.05) is 0 Å². The highest BCUT2D eigenvalue weighted by molar-refractivity contribution is 5.75. The summed E-state index contributed by atoms with van der Waals surface area (Å²) in [7, 11) is 1.62. The van der Waals surface area contributed by atoms with E-state index in [-0.39, 0.29) is 0 Å². The summed E-state index contributed by atoms with van der Waals surface area (Å²) in [5.41, 5.74) is 9.67. The molecule has 0 spiro atoms. The number of hydrogen-bond acceptors (Lipinski definition) is 6. The highest BCUT2D eigenvalue weighted by Gasteiger charge is 2.13. The van der Waals surface area contributed by atoms with Crippen LogP contribution in [0.4, 0.5) is 17.2 Å². The van der Waals surface area contributed by atoms with Crippen LogP contribution in [0, 0.1) is 6.92 Å². The summed E-state index contributed by atoms with van der Waals surface area (Å²) >= 11 is 0. The second-order valence-electron chi connectivity index (χ2n) is 6.60. The molecule has 0 aliphatic rings. The monoisotopic (exact) mass is 364 g/mol. The van der Waals surface area contributed by atoms with Crippen LogP contribution >= 0.6 is 0 Å². The molecule has 1 heterocycles. The molecule has 0 fully saturated rings. The van der Waals surface area contributed by atoms with Gasteiger partial charge in [0.1, 0.15) is 23.5 Å². The van der Waals surface area contributed by atoms with E-state index < -0.39 is 0 Å². The molecule has 1 aromatic heterocycles. The van der Waals surface area contributed by atoms with Crippen LogP contribution in [0.2, 0.25) is 0 Å². The number of hydrogen-bond donors (Lipinski definition) is 2. The minimum Gasteiger partial charge on any atom is -0.495 e. The summed E-state index contributed by atoms with van der Waals surface area (Å²) in [5, 5.41) is 3.20. The van der Waals surface area contributed by atoms with Gasteiger partial charge < -0.3 is 20.5 Å². The lowest BCUT2D eigenvalue weighted by Crippen LogP contribution is -2.04. The van der Waals surface area contributed by atoms with Gasteiger partial charge in [0.25, 0.3) is 0 Å². The van der Waals surface area contributed by atoms with Crippen LogP contribution < -0.4 is 20.5 Å². The quantitative estimate of drug-likeness (QED) is 0.638. The smallest absolute Gasteiger partial charge is 0.248 e. The first kappa shape index (κ1) is 18.5. The lowest BCUT2D eigenvalue weighted by molar-refractivity contribution is 0.416. The van der Waals surface area contributed by atoms with E-state index in [1.165, 1.54) is 11.9 Å². The predicted molar refractivity (Wildman–Crippen MR) is 108 cm³/mol. The zero-order chi connectivity index (χ0) is 19.4. The molecule has 6 heteroatoms. The lowest BCUT2D eigenvalue weighted by Gasteiger charge is -2.14. The van der Waals surface area contributed by atoms with E-state index in [9.17, 15) is 0 Å². The number of aromatic nitrogens is 2. The number of benzene rings is 2. The van der Waals surface area contributed by atoms with Gasteiger partial charge in [-0.25, -0.2) is 4.98 Å². The molecule has 6 nitrogen and oxygen atoms in total. The number of aryl methyl sites for hydroxylation is 1. The molecule has 2 aromatic carbocycles. The molecule has 0 amide bonds. The normalized spacial score (nSPS) is 10.7. The number of nitrogen functional groups attached to an aromatic ring is 1. The number of nitrogens with one attached hydrogen (secondary N) is 1. The second-order valence-corrected chi connectivity index (χ2v) is 6.60. The van der Waals surface area contributed by atoms with Gasteiger partial charge in [-0.2, -0.15) is 4.98 Å². The molecule has 3 rings (SSSR count). The van der Waals surface area contributed by atoms with Gasteiger partial charge >= 0.3 is 0 Å². The van der Waals surface area contributed by atoms with Gasteiger partial charge in [-0.15, -0.1) is 0 Å². The minimum absolute atomic E-state index is 0.302. The third kappa shape index (κ3) is 4.28. The molecule has 0 bridgehead atoms. The molecule has 0 aliphatic heterocycles. The molecule has 0 atom stereocenters. The summed E-state index contributed by atoms with van der Waals surface area (Å²) in [6, 6.07) is 13.7. The number of anilines is 3. The number of nitrogens with zero attached hydrogens (tertiary/aromatic N) is 2. The zero-order valence-electron chi connectivity index (χ0n) is 16.0. The summed E-state index contributed by atoms with van der Waals surface area (Å²) in [6.45, 7) is 6.30. The van der Waals surface area contributed by atoms with E-state index >= 15 is 0 Å². The summed E-state index contributed by atoms with van der Waals surface area (Å²) in [6.07, 6.45) is 1.42. The van der Waals surface area contributed by atoms with E-state index in [0.717, 1.165) is 11.3 Å². The van der Waals surface area contributed by atoms with Gasteiger partial charge in [0.2, 0.25) is 5.88 Å². The third-order valence-electron chi connectivity index (χ3n) is 4.22. The molecule has 3 N–H and O–H groups in total. The van der Waals surface area contributed by atoms with Crippen molar-refractivity contribution < 1.29 is 9.47 Å². The van der Waals surface area contributed by atoms with Crippen molar-refractivity contribution in [3.05, 3.63) is 59.9 Å². The van der Waals surface area contributed by atoms with E-state index in [0.29, 0.717) is 34.8 Å². The van der Waals surface area contributed by atoms with Gasteiger partial charge in [-0.1, -0.05) is 32.0 Å². The number of nitrogens with two attached hydrogens (primary N) is 1. The van der Waals surface area contributed by atoms with Crippen molar-refractivity contribution in [2.45, 2.75) is 26.7 Å². The van der Waals surface area contributed by atoms with Crippen LogP contribution in [0.5, 0.6) is 17.4 Å². The van der Waals surface area contributed by atoms with Crippen LogP contribution in [0.15, 0.2) is 48.8 Å². The fraction of sp³-hybridized carbons (Fsp3) is 0.238. The van der Waals surface area contributed by atoms with E-state index in [2.05, 4.69) is 29.1 Å². The van der Waals surface area contributed by atoms with Crippen LogP contribution in [-0.2, 0) is 0 Å². The van der Waals surface area contributed by atoms with Gasteiger partial charge in [-0.05, 0) is 48.2 Å². The summed E-state index contributed by atoms with van der Waals surface area (Å²) < 4.78 is 11.2. The Kier molecular flexibility index (Phi) is 5.45. The van der Waals surface area contributed by atoms with Crippen LogP contribution in [-0.4, -0.2) is 17.1 Å². The lowest BCUT2D eigenvalue weighted by atomic mass is 10.0. The standard InChI is InChI=1S/C21H24N4O2/c1-13(2)15-6-8-16(9-7-15)27-21-19(22)20(23-12-24-21)25-17-11-14(3)5-10-18(17)26-4/h5-13H,22H2,1-4H3,(H,23,24,25). The summed E-state index contributed by atoms with van der Waals surface area (Å²) in [5.74, 6) is 2.59. The van der Waals surface area contributed by atoms with Crippen molar-refractivity contribution in [3.63, 3.8) is 0 Å². The summed E-state index contributed by atoms with van der Waals surface area (Å²) in [4.78, 5) is 8.40.